The van der Waals surface area contributed by atoms with E-state index in [1.165, 1.54) is 18.3 Å². The summed E-state index contributed by atoms with van der Waals surface area (Å²) in [6.07, 6.45) is 3.31. The van der Waals surface area contributed by atoms with Gasteiger partial charge in [0, 0.05) is 12.1 Å². The molecule has 0 saturated heterocycles. The van der Waals surface area contributed by atoms with Crippen LogP contribution in [0.4, 0.5) is 10.4 Å². The number of nitrogens with one attached hydrogen (secondary N) is 1. The van der Waals surface area contributed by atoms with Crippen LogP contribution in [-0.4, -0.2) is 21.1 Å². The summed E-state index contributed by atoms with van der Waals surface area (Å²) in [4.78, 5) is 15.1. The second kappa shape index (κ2) is 4.17. The highest BCUT2D eigenvalue weighted by molar-refractivity contribution is 6.02. The van der Waals surface area contributed by atoms with Crippen LogP contribution >= 0.6 is 0 Å². The average molecular weight is 248 g/mol. The van der Waals surface area contributed by atoms with Crippen LogP contribution in [0.25, 0.3) is 0 Å². The molecule has 1 aliphatic rings. The molecule has 0 aliphatic heterocycles. The van der Waals surface area contributed by atoms with Crippen molar-refractivity contribution in [1.82, 2.24) is 15.2 Å². The molecule has 0 aromatic carbocycles. The second-order valence-electron chi connectivity index (χ2n) is 4.02. The van der Waals surface area contributed by atoms with Gasteiger partial charge >= 0.3 is 6.01 Å². The van der Waals surface area contributed by atoms with E-state index in [1.54, 1.807) is 0 Å². The van der Waals surface area contributed by atoms with E-state index in [-0.39, 0.29) is 11.6 Å². The molecule has 1 fully saturated rings. The highest BCUT2D eigenvalue weighted by atomic mass is 19.1. The number of rotatable bonds is 3. The molecule has 6 nitrogen and oxygen atoms in total. The van der Waals surface area contributed by atoms with Crippen molar-refractivity contribution in [3.05, 3.63) is 35.7 Å². The van der Waals surface area contributed by atoms with Crippen molar-refractivity contribution < 1.29 is 13.6 Å². The number of anilines is 1. The minimum Gasteiger partial charge on any atom is -0.408 e. The monoisotopic (exact) mass is 248 g/mol. The van der Waals surface area contributed by atoms with Crippen LogP contribution in [0.3, 0.4) is 0 Å². The van der Waals surface area contributed by atoms with Crippen molar-refractivity contribution in [3.63, 3.8) is 0 Å². The minimum atomic E-state index is -0.836. The SMILES string of the molecule is O=C(Nc1nnc(C2CC2)o1)c1cccnc1F. The maximum Gasteiger partial charge on any atom is 0.322 e. The summed E-state index contributed by atoms with van der Waals surface area (Å²) in [5, 5.41) is 9.83. The zero-order chi connectivity index (χ0) is 12.5. The van der Waals surface area contributed by atoms with Crippen LogP contribution in [0.1, 0.15) is 35.0 Å². The van der Waals surface area contributed by atoms with Gasteiger partial charge in [0.1, 0.15) is 0 Å². The van der Waals surface area contributed by atoms with Crippen LogP contribution in [0, 0.1) is 5.95 Å². The summed E-state index contributed by atoms with van der Waals surface area (Å²) in [6.45, 7) is 0. The number of hydrogen-bond acceptors (Lipinski definition) is 5. The lowest BCUT2D eigenvalue weighted by molar-refractivity contribution is 0.101. The minimum absolute atomic E-state index is 0.0230. The van der Waals surface area contributed by atoms with Gasteiger partial charge in [-0.1, -0.05) is 5.10 Å². The van der Waals surface area contributed by atoms with Crippen molar-refractivity contribution in [2.45, 2.75) is 18.8 Å². The number of amides is 1. The Kier molecular flexibility index (Phi) is 2.51. The Hall–Kier alpha value is -2.31. The lowest BCUT2D eigenvalue weighted by Crippen LogP contribution is -2.14. The van der Waals surface area contributed by atoms with Gasteiger partial charge in [-0.05, 0) is 25.0 Å². The first kappa shape index (κ1) is 10.8. The summed E-state index contributed by atoms with van der Waals surface area (Å²) in [5.74, 6) is -0.682. The van der Waals surface area contributed by atoms with E-state index >= 15 is 0 Å². The molecule has 0 atom stereocenters. The first-order chi connectivity index (χ1) is 8.74. The molecule has 0 bridgehead atoms. The fourth-order valence-corrected chi connectivity index (χ4v) is 1.50. The second-order valence-corrected chi connectivity index (χ2v) is 4.02. The molecule has 92 valence electrons. The Morgan fingerprint density at radius 2 is 2.28 bits per heavy atom. The number of hydrogen-bond donors (Lipinski definition) is 1. The van der Waals surface area contributed by atoms with Gasteiger partial charge in [-0.2, -0.15) is 4.39 Å². The molecule has 2 aromatic rings. The van der Waals surface area contributed by atoms with E-state index in [9.17, 15) is 9.18 Å². The molecule has 2 heterocycles. The van der Waals surface area contributed by atoms with Crippen LogP contribution in [0.2, 0.25) is 0 Å². The molecule has 0 radical (unpaired) electrons. The lowest BCUT2D eigenvalue weighted by atomic mass is 10.2. The summed E-state index contributed by atoms with van der Waals surface area (Å²) in [6, 6.07) is 2.78. The normalized spacial score (nSPS) is 14.5. The summed E-state index contributed by atoms with van der Waals surface area (Å²) in [7, 11) is 0. The van der Waals surface area contributed by atoms with E-state index in [0.29, 0.717) is 11.8 Å². The molecule has 2 aromatic heterocycles. The fraction of sp³-hybridized carbons (Fsp3) is 0.273. The third-order valence-electron chi connectivity index (χ3n) is 2.59. The van der Waals surface area contributed by atoms with Gasteiger partial charge in [-0.25, -0.2) is 4.98 Å². The number of aromatic nitrogens is 3. The Labute approximate surface area is 101 Å². The van der Waals surface area contributed by atoms with Gasteiger partial charge < -0.3 is 4.42 Å². The average Bonchev–Trinajstić information content (AvgIpc) is 3.11. The molecular formula is C11H9FN4O2. The topological polar surface area (TPSA) is 80.9 Å². The predicted octanol–water partition coefficient (Wildman–Crippen LogP) is 1.73. The first-order valence-electron chi connectivity index (χ1n) is 5.49. The van der Waals surface area contributed by atoms with E-state index < -0.39 is 11.9 Å². The Morgan fingerprint density at radius 3 is 3.00 bits per heavy atom. The molecular weight excluding hydrogens is 239 g/mol. The molecule has 0 unspecified atom stereocenters. The molecule has 7 heteroatoms. The molecule has 0 spiro atoms. The zero-order valence-electron chi connectivity index (χ0n) is 9.26. The van der Waals surface area contributed by atoms with E-state index in [2.05, 4.69) is 20.5 Å². The summed E-state index contributed by atoms with van der Waals surface area (Å²) >= 11 is 0. The Bertz CT molecular complexity index is 594. The van der Waals surface area contributed by atoms with Gasteiger partial charge in [-0.3, -0.25) is 10.1 Å². The van der Waals surface area contributed by atoms with Crippen molar-refractivity contribution in [3.8, 4) is 0 Å². The van der Waals surface area contributed by atoms with Crippen molar-refractivity contribution in [2.75, 3.05) is 5.32 Å². The molecule has 3 rings (SSSR count). The van der Waals surface area contributed by atoms with E-state index in [4.69, 9.17) is 4.42 Å². The van der Waals surface area contributed by atoms with Crippen molar-refractivity contribution in [1.29, 1.82) is 0 Å². The summed E-state index contributed by atoms with van der Waals surface area (Å²) < 4.78 is 18.5. The number of halogens is 1. The van der Waals surface area contributed by atoms with Gasteiger partial charge in [0.05, 0.1) is 5.56 Å². The third-order valence-corrected chi connectivity index (χ3v) is 2.59. The van der Waals surface area contributed by atoms with E-state index in [0.717, 1.165) is 12.8 Å². The van der Waals surface area contributed by atoms with Crippen LogP contribution in [0.5, 0.6) is 0 Å². The maximum atomic E-state index is 13.2. The fourth-order valence-electron chi connectivity index (χ4n) is 1.50. The largest absolute Gasteiger partial charge is 0.408 e. The van der Waals surface area contributed by atoms with Crippen LogP contribution in [0.15, 0.2) is 22.7 Å². The molecule has 1 aliphatic carbocycles. The zero-order valence-corrected chi connectivity index (χ0v) is 9.26. The smallest absolute Gasteiger partial charge is 0.322 e. The molecule has 1 amide bonds. The number of carbonyl (C=O) groups is 1. The first-order valence-corrected chi connectivity index (χ1v) is 5.49. The molecule has 18 heavy (non-hydrogen) atoms. The van der Waals surface area contributed by atoms with Gasteiger partial charge in [-0.15, -0.1) is 5.10 Å². The Balaban J connectivity index is 1.75. The molecule has 1 saturated carbocycles. The van der Waals surface area contributed by atoms with Crippen LogP contribution in [-0.2, 0) is 0 Å². The number of pyridine rings is 1. The van der Waals surface area contributed by atoms with Crippen molar-refractivity contribution in [2.24, 2.45) is 0 Å². The highest BCUT2D eigenvalue weighted by Gasteiger charge is 2.29. The predicted molar refractivity (Wildman–Crippen MR) is 58.4 cm³/mol. The van der Waals surface area contributed by atoms with Gasteiger partial charge in [0.15, 0.2) is 0 Å². The maximum absolute atomic E-state index is 13.2. The quantitative estimate of drug-likeness (QED) is 0.836. The number of nitrogens with zero attached hydrogens (tertiary/aromatic N) is 3. The standard InChI is InChI=1S/C11H9FN4O2/c12-8-7(2-1-5-13-8)9(17)14-11-16-15-10(18-11)6-3-4-6/h1-2,5-6H,3-4H2,(H,14,16,17). The third kappa shape index (κ3) is 2.06. The highest BCUT2D eigenvalue weighted by Crippen LogP contribution is 2.39. The lowest BCUT2D eigenvalue weighted by Gasteiger charge is -2.00. The Morgan fingerprint density at radius 1 is 1.44 bits per heavy atom. The van der Waals surface area contributed by atoms with Gasteiger partial charge in [0.25, 0.3) is 5.91 Å². The number of carbonyl (C=O) groups excluding carboxylic acids is 1. The molecule has 1 N–H and O–H groups in total. The van der Waals surface area contributed by atoms with E-state index in [1.807, 2.05) is 0 Å². The van der Waals surface area contributed by atoms with Crippen LogP contribution < -0.4 is 5.32 Å². The van der Waals surface area contributed by atoms with Gasteiger partial charge in [0.2, 0.25) is 11.8 Å². The summed E-state index contributed by atoms with van der Waals surface area (Å²) in [5.41, 5.74) is -0.163. The van der Waals surface area contributed by atoms with Crippen molar-refractivity contribution >= 4 is 11.9 Å².